The van der Waals surface area contributed by atoms with Crippen LogP contribution in [-0.2, 0) is 4.74 Å². The van der Waals surface area contributed by atoms with E-state index in [1.807, 2.05) is 19.1 Å². The quantitative estimate of drug-likeness (QED) is 0.288. The third-order valence-electron chi connectivity index (χ3n) is 8.60. The molecule has 13 heteroatoms. The van der Waals surface area contributed by atoms with Crippen LogP contribution in [0.2, 0.25) is 0 Å². The average molecular weight is 640 g/mol. The van der Waals surface area contributed by atoms with Crippen LogP contribution in [0.15, 0.2) is 74.5 Å². The highest BCUT2D eigenvalue weighted by molar-refractivity contribution is 6.05. The normalized spacial score (nSPS) is 20.6. The van der Waals surface area contributed by atoms with E-state index in [0.29, 0.717) is 54.0 Å². The number of nitriles is 1. The highest BCUT2D eigenvalue weighted by Gasteiger charge is 2.32. The maximum absolute atomic E-state index is 12.6. The van der Waals surface area contributed by atoms with E-state index in [9.17, 15) is 10.1 Å². The minimum Gasteiger partial charge on any atom is -0.489 e. The molecule has 0 unspecified atom stereocenters. The molecule has 0 radical (unpaired) electrons. The highest BCUT2D eigenvalue weighted by Crippen LogP contribution is 2.28. The number of rotatable bonds is 8. The number of hydrogen-bond donors (Lipinski definition) is 1. The Hall–Kier alpha value is -4.90. The number of piperidine rings is 1. The summed E-state index contributed by atoms with van der Waals surface area (Å²) in [5, 5.41) is 9.88. The third kappa shape index (κ3) is 8.10. The summed E-state index contributed by atoms with van der Waals surface area (Å²) in [6.45, 7) is 12.5. The molecular formula is C34H41N9O4. The molecule has 3 fully saturated rings. The van der Waals surface area contributed by atoms with Gasteiger partial charge in [0.15, 0.2) is 17.9 Å². The van der Waals surface area contributed by atoms with Gasteiger partial charge in [0.25, 0.3) is 5.91 Å². The topological polar surface area (TPSA) is 158 Å². The first-order valence-corrected chi connectivity index (χ1v) is 15.7. The van der Waals surface area contributed by atoms with Gasteiger partial charge in [-0.3, -0.25) is 9.69 Å². The maximum atomic E-state index is 12.6. The number of amides is 1. The van der Waals surface area contributed by atoms with E-state index in [1.165, 1.54) is 31.7 Å². The number of piperazine rings is 1. The molecule has 1 aromatic heterocycles. The predicted molar refractivity (Wildman–Crippen MR) is 181 cm³/mol. The fourth-order valence-electron chi connectivity index (χ4n) is 5.87. The Morgan fingerprint density at radius 3 is 2.51 bits per heavy atom. The summed E-state index contributed by atoms with van der Waals surface area (Å²) < 4.78 is 16.6. The van der Waals surface area contributed by atoms with Gasteiger partial charge in [0, 0.05) is 62.9 Å². The second-order valence-electron chi connectivity index (χ2n) is 11.5. The number of benzene rings is 2. The van der Waals surface area contributed by atoms with Gasteiger partial charge in [-0.2, -0.15) is 5.26 Å². The largest absolute Gasteiger partial charge is 0.489 e. The Morgan fingerprint density at radius 2 is 1.89 bits per heavy atom. The van der Waals surface area contributed by atoms with Crippen LogP contribution in [0, 0.1) is 17.2 Å². The van der Waals surface area contributed by atoms with Crippen LogP contribution < -0.4 is 15.4 Å². The van der Waals surface area contributed by atoms with Crippen molar-refractivity contribution in [1.82, 2.24) is 14.8 Å². The molecule has 47 heavy (non-hydrogen) atoms. The van der Waals surface area contributed by atoms with Gasteiger partial charge in [-0.05, 0) is 56.2 Å². The summed E-state index contributed by atoms with van der Waals surface area (Å²) in [7, 11) is 1.50. The summed E-state index contributed by atoms with van der Waals surface area (Å²) >= 11 is 0. The molecule has 3 aromatic rings. The number of likely N-dealkylation sites (tertiary alicyclic amines) is 1. The van der Waals surface area contributed by atoms with Crippen molar-refractivity contribution in [2.45, 2.75) is 25.5 Å². The molecule has 13 nitrogen and oxygen atoms in total. The van der Waals surface area contributed by atoms with Crippen molar-refractivity contribution in [3.05, 3.63) is 71.9 Å². The van der Waals surface area contributed by atoms with Crippen LogP contribution in [0.4, 0.5) is 11.4 Å². The van der Waals surface area contributed by atoms with Gasteiger partial charge >= 0.3 is 0 Å². The van der Waals surface area contributed by atoms with Gasteiger partial charge in [-0.25, -0.2) is 20.0 Å². The Balaban J connectivity index is 0.00000213. The molecule has 4 heterocycles. The lowest BCUT2D eigenvalue weighted by atomic mass is 9.96. The fourth-order valence-corrected chi connectivity index (χ4v) is 5.87. The fraction of sp³-hybridized carbons (Fsp3) is 0.412. The van der Waals surface area contributed by atoms with Gasteiger partial charge in [-0.1, -0.05) is 6.92 Å². The number of anilines is 1. The van der Waals surface area contributed by atoms with Crippen molar-refractivity contribution in [3.8, 4) is 11.8 Å². The molecule has 0 spiro atoms. The number of ether oxygens (including phenoxy) is 2. The van der Waals surface area contributed by atoms with Gasteiger partial charge in [0.05, 0.1) is 30.5 Å². The lowest BCUT2D eigenvalue weighted by molar-refractivity contribution is -0.0660. The van der Waals surface area contributed by atoms with Crippen molar-refractivity contribution >= 4 is 36.2 Å². The summed E-state index contributed by atoms with van der Waals surface area (Å²) in [6, 6.07) is 16.2. The highest BCUT2D eigenvalue weighted by atomic mass is 16.5. The molecule has 0 aliphatic carbocycles. The second-order valence-corrected chi connectivity index (χ2v) is 11.5. The Kier molecular flexibility index (Phi) is 11.5. The molecule has 0 saturated carbocycles. The summed E-state index contributed by atoms with van der Waals surface area (Å²) in [5.74, 6) is 0.715. The lowest BCUT2D eigenvalue weighted by Crippen LogP contribution is -2.56. The molecule has 3 aliphatic rings. The van der Waals surface area contributed by atoms with E-state index in [2.05, 4.69) is 60.4 Å². The first-order chi connectivity index (χ1) is 23.0. The van der Waals surface area contributed by atoms with E-state index in [0.717, 1.165) is 45.1 Å². The van der Waals surface area contributed by atoms with Crippen LogP contribution in [0.5, 0.6) is 5.75 Å². The van der Waals surface area contributed by atoms with E-state index in [4.69, 9.17) is 13.9 Å². The Bertz CT molecular complexity index is 1590. The molecule has 2 atom stereocenters. The standard InChI is InChI=1S/C33H36N8O4.CH5N/c1-23-17-41(33(42)29-20-44-22-38-29)10-9-30(23)45-31-8-3-24(15-25(31)16-34)32(35-2)37-21-36-26-4-6-27(7-5-26)39-11-13-40(14-12-39)28-18-43-19-28;1-2/h3-8,15,20-23,28,30H,2,9-14,17-19H2,1H3;2H2,1H3/t23-,30+;/m1./s1. The molecular weight excluding hydrogens is 598 g/mol. The minimum absolute atomic E-state index is 0.0516. The van der Waals surface area contributed by atoms with E-state index in [1.54, 1.807) is 23.1 Å². The van der Waals surface area contributed by atoms with E-state index < -0.39 is 0 Å². The smallest absolute Gasteiger partial charge is 0.275 e. The van der Waals surface area contributed by atoms with Crippen molar-refractivity contribution < 1.29 is 18.7 Å². The number of aromatic nitrogens is 1. The number of carbonyl (C=O) groups is 1. The predicted octanol–water partition coefficient (Wildman–Crippen LogP) is 3.38. The van der Waals surface area contributed by atoms with Crippen LogP contribution in [0.1, 0.15) is 35.0 Å². The molecule has 0 bridgehead atoms. The summed E-state index contributed by atoms with van der Waals surface area (Å²) in [6.07, 6.45) is 4.53. The molecule has 6 rings (SSSR count). The minimum atomic E-state index is -0.162. The SMILES string of the molecule is C=NC(=NC=Nc1ccc(N2CCN(C3COC3)CC2)cc1)c1ccc(O[C@H]2CCN(C(=O)c3cocn3)C[C@H]2C)c(C#N)c1.CN. The van der Waals surface area contributed by atoms with Crippen LogP contribution in [0.3, 0.4) is 0 Å². The van der Waals surface area contributed by atoms with Gasteiger partial charge in [-0.15, -0.1) is 0 Å². The molecule has 1 amide bonds. The molecule has 246 valence electrons. The number of carbonyl (C=O) groups excluding carboxylic acids is 1. The monoisotopic (exact) mass is 639 g/mol. The summed E-state index contributed by atoms with van der Waals surface area (Å²) in [5.41, 5.74) is 7.75. The van der Waals surface area contributed by atoms with Crippen LogP contribution in [0.25, 0.3) is 0 Å². The van der Waals surface area contributed by atoms with E-state index in [-0.39, 0.29) is 17.9 Å². The van der Waals surface area contributed by atoms with Crippen LogP contribution in [-0.4, -0.2) is 111 Å². The van der Waals surface area contributed by atoms with Crippen molar-refractivity contribution in [2.75, 3.05) is 64.4 Å². The number of aliphatic imine (C=N–C) groups is 3. The van der Waals surface area contributed by atoms with Gasteiger partial charge < -0.3 is 29.4 Å². The third-order valence-corrected chi connectivity index (χ3v) is 8.60. The van der Waals surface area contributed by atoms with E-state index >= 15 is 0 Å². The Labute approximate surface area is 275 Å². The van der Waals surface area contributed by atoms with Gasteiger partial charge in [0.2, 0.25) is 0 Å². The number of oxazole rings is 1. The van der Waals surface area contributed by atoms with Crippen LogP contribution >= 0.6 is 0 Å². The van der Waals surface area contributed by atoms with Crippen molar-refractivity contribution in [2.24, 2.45) is 26.6 Å². The zero-order chi connectivity index (χ0) is 33.2. The zero-order valence-electron chi connectivity index (χ0n) is 26.9. The molecule has 2 N–H and O–H groups in total. The first kappa shape index (κ1) is 33.5. The zero-order valence-corrected chi connectivity index (χ0v) is 26.9. The Morgan fingerprint density at radius 1 is 1.13 bits per heavy atom. The van der Waals surface area contributed by atoms with Gasteiger partial charge in [0.1, 0.15) is 30.5 Å². The number of nitrogens with two attached hydrogens (primary N) is 1. The second kappa shape index (κ2) is 16.1. The number of amidine groups is 1. The summed E-state index contributed by atoms with van der Waals surface area (Å²) in [4.78, 5) is 36.2. The molecule has 3 aliphatic heterocycles. The molecule has 2 aromatic carbocycles. The van der Waals surface area contributed by atoms with Crippen molar-refractivity contribution in [3.63, 3.8) is 0 Å². The van der Waals surface area contributed by atoms with Crippen molar-refractivity contribution in [1.29, 1.82) is 5.26 Å². The first-order valence-electron chi connectivity index (χ1n) is 15.7. The molecule has 3 saturated heterocycles. The lowest BCUT2D eigenvalue weighted by Gasteiger charge is -2.43. The average Bonchev–Trinajstić information content (AvgIpc) is 3.64. The maximum Gasteiger partial charge on any atom is 0.275 e. The number of hydrogen-bond acceptors (Lipinski definition) is 10. The number of nitrogens with zero attached hydrogens (tertiary/aromatic N) is 8.